The second-order valence-corrected chi connectivity index (χ2v) is 4.09. The van der Waals surface area contributed by atoms with Gasteiger partial charge in [0, 0.05) is 18.4 Å². The van der Waals surface area contributed by atoms with Gasteiger partial charge in [-0.3, -0.25) is 0 Å². The minimum absolute atomic E-state index is 0.102. The molecule has 1 atom stereocenters. The Bertz CT molecular complexity index is 413. The smallest absolute Gasteiger partial charge is 0.335 e. The van der Waals surface area contributed by atoms with Crippen LogP contribution in [0.25, 0.3) is 0 Å². The van der Waals surface area contributed by atoms with E-state index in [0.717, 1.165) is 19.4 Å². The summed E-state index contributed by atoms with van der Waals surface area (Å²) in [5.74, 6) is -0.629. The van der Waals surface area contributed by atoms with E-state index in [2.05, 4.69) is 4.98 Å². The molecule has 0 spiro atoms. The maximum Gasteiger partial charge on any atom is 0.335 e. The predicted molar refractivity (Wildman–Crippen MR) is 60.4 cm³/mol. The van der Waals surface area contributed by atoms with E-state index in [1.54, 1.807) is 6.92 Å². The number of aromatic carboxylic acids is 1. The maximum atomic E-state index is 10.9. The summed E-state index contributed by atoms with van der Waals surface area (Å²) in [6.45, 7) is 2.94. The van der Waals surface area contributed by atoms with Crippen molar-refractivity contribution in [1.29, 1.82) is 0 Å². The van der Waals surface area contributed by atoms with Crippen LogP contribution < -0.4 is 4.74 Å². The highest BCUT2D eigenvalue weighted by Crippen LogP contribution is 2.16. The van der Waals surface area contributed by atoms with Crippen LogP contribution in [0, 0.1) is 6.92 Å². The molecule has 1 unspecified atom stereocenters. The summed E-state index contributed by atoms with van der Waals surface area (Å²) in [5.41, 5.74) is 0.826. The third kappa shape index (κ3) is 3.17. The van der Waals surface area contributed by atoms with Crippen molar-refractivity contribution < 1.29 is 19.4 Å². The topological polar surface area (TPSA) is 68.7 Å². The molecule has 17 heavy (non-hydrogen) atoms. The molecule has 1 aliphatic rings. The Hall–Kier alpha value is -1.62. The van der Waals surface area contributed by atoms with E-state index in [4.69, 9.17) is 14.6 Å². The van der Waals surface area contributed by atoms with Crippen molar-refractivity contribution in [3.63, 3.8) is 0 Å². The lowest BCUT2D eigenvalue weighted by Crippen LogP contribution is -2.17. The van der Waals surface area contributed by atoms with Crippen LogP contribution in [0.2, 0.25) is 0 Å². The Labute approximate surface area is 99.4 Å². The molecule has 1 N–H and O–H groups in total. The van der Waals surface area contributed by atoms with Crippen molar-refractivity contribution >= 4 is 5.97 Å². The van der Waals surface area contributed by atoms with Crippen LogP contribution >= 0.6 is 0 Å². The van der Waals surface area contributed by atoms with E-state index in [9.17, 15) is 4.79 Å². The summed E-state index contributed by atoms with van der Waals surface area (Å²) in [6.07, 6.45) is 2.14. The van der Waals surface area contributed by atoms with E-state index in [0.29, 0.717) is 18.2 Å². The highest BCUT2D eigenvalue weighted by Gasteiger charge is 2.16. The zero-order chi connectivity index (χ0) is 12.3. The van der Waals surface area contributed by atoms with Crippen LogP contribution in [0.3, 0.4) is 0 Å². The first-order valence-electron chi connectivity index (χ1n) is 5.61. The van der Waals surface area contributed by atoms with Gasteiger partial charge in [0.1, 0.15) is 6.61 Å². The first-order valence-corrected chi connectivity index (χ1v) is 5.61. The van der Waals surface area contributed by atoms with Crippen LogP contribution in [0.5, 0.6) is 5.88 Å². The van der Waals surface area contributed by atoms with Gasteiger partial charge < -0.3 is 14.6 Å². The van der Waals surface area contributed by atoms with Gasteiger partial charge in [-0.15, -0.1) is 0 Å². The zero-order valence-electron chi connectivity index (χ0n) is 9.68. The molecule has 0 aromatic carbocycles. The molecule has 92 valence electrons. The lowest BCUT2D eigenvalue weighted by atomic mass is 10.2. The lowest BCUT2D eigenvalue weighted by Gasteiger charge is -2.11. The molecule has 2 rings (SSSR count). The molecule has 2 heterocycles. The van der Waals surface area contributed by atoms with Gasteiger partial charge in [-0.1, -0.05) is 0 Å². The fourth-order valence-corrected chi connectivity index (χ4v) is 1.79. The first kappa shape index (κ1) is 11.9. The van der Waals surface area contributed by atoms with Crippen LogP contribution in [-0.4, -0.2) is 35.4 Å². The van der Waals surface area contributed by atoms with Gasteiger partial charge in [-0.25, -0.2) is 9.78 Å². The second kappa shape index (κ2) is 5.14. The van der Waals surface area contributed by atoms with E-state index in [1.165, 1.54) is 12.1 Å². The molecule has 5 nitrogen and oxygen atoms in total. The van der Waals surface area contributed by atoms with Gasteiger partial charge in [0.15, 0.2) is 0 Å². The average molecular weight is 237 g/mol. The van der Waals surface area contributed by atoms with Gasteiger partial charge >= 0.3 is 5.97 Å². The van der Waals surface area contributed by atoms with Crippen LogP contribution in [0.4, 0.5) is 0 Å². The van der Waals surface area contributed by atoms with Crippen molar-refractivity contribution in [3.05, 3.63) is 23.4 Å². The third-order valence-corrected chi connectivity index (χ3v) is 2.62. The van der Waals surface area contributed by atoms with E-state index >= 15 is 0 Å². The minimum atomic E-state index is -0.975. The lowest BCUT2D eigenvalue weighted by molar-refractivity contribution is 0.0656. The number of carboxylic acids is 1. The number of nitrogens with zero attached hydrogens (tertiary/aromatic N) is 1. The number of hydrogen-bond donors (Lipinski definition) is 1. The number of carboxylic acid groups (broad SMARTS) is 1. The van der Waals surface area contributed by atoms with E-state index in [1.807, 2.05) is 0 Å². The predicted octanol–water partition coefficient (Wildman–Crippen LogP) is 1.65. The number of aromatic nitrogens is 1. The maximum absolute atomic E-state index is 10.9. The van der Waals surface area contributed by atoms with Crippen molar-refractivity contribution in [1.82, 2.24) is 4.98 Å². The summed E-state index contributed by atoms with van der Waals surface area (Å²) in [4.78, 5) is 15.0. The summed E-state index contributed by atoms with van der Waals surface area (Å²) < 4.78 is 10.9. The van der Waals surface area contributed by atoms with Crippen LogP contribution in [-0.2, 0) is 4.74 Å². The van der Waals surface area contributed by atoms with Crippen LogP contribution in [0.1, 0.15) is 28.9 Å². The summed E-state index contributed by atoms with van der Waals surface area (Å²) >= 11 is 0. The third-order valence-electron chi connectivity index (χ3n) is 2.62. The molecule has 1 fully saturated rings. The standard InChI is InChI=1S/C12H15NO4/c1-8-5-9(12(14)15)6-11(13-8)17-7-10-3-2-4-16-10/h5-6,10H,2-4,7H2,1H3,(H,14,15). The Balaban J connectivity index is 2.01. The van der Waals surface area contributed by atoms with Crippen molar-refractivity contribution in [2.45, 2.75) is 25.9 Å². The Morgan fingerprint density at radius 1 is 1.65 bits per heavy atom. The highest BCUT2D eigenvalue weighted by atomic mass is 16.5. The van der Waals surface area contributed by atoms with Gasteiger partial charge in [0.05, 0.1) is 11.7 Å². The first-order chi connectivity index (χ1) is 8.15. The van der Waals surface area contributed by atoms with E-state index in [-0.39, 0.29) is 11.7 Å². The summed E-state index contributed by atoms with van der Waals surface area (Å²) in [6, 6.07) is 2.95. The largest absolute Gasteiger partial charge is 0.478 e. The minimum Gasteiger partial charge on any atom is -0.478 e. The SMILES string of the molecule is Cc1cc(C(=O)O)cc(OCC2CCCO2)n1. The molecule has 1 aromatic heterocycles. The molecule has 1 saturated heterocycles. The van der Waals surface area contributed by atoms with Crippen molar-refractivity contribution in [3.8, 4) is 5.88 Å². The molecule has 0 radical (unpaired) electrons. The monoisotopic (exact) mass is 237 g/mol. The van der Waals surface area contributed by atoms with Gasteiger partial charge in [0.25, 0.3) is 0 Å². The molecule has 0 bridgehead atoms. The number of aryl methyl sites for hydroxylation is 1. The van der Waals surface area contributed by atoms with Gasteiger partial charge in [-0.05, 0) is 25.8 Å². The number of pyridine rings is 1. The van der Waals surface area contributed by atoms with Gasteiger partial charge in [-0.2, -0.15) is 0 Å². The van der Waals surface area contributed by atoms with Crippen LogP contribution in [0.15, 0.2) is 12.1 Å². The summed E-state index contributed by atoms with van der Waals surface area (Å²) in [7, 11) is 0. The Kier molecular flexibility index (Phi) is 3.58. The molecule has 5 heteroatoms. The van der Waals surface area contributed by atoms with E-state index < -0.39 is 5.97 Å². The number of hydrogen-bond acceptors (Lipinski definition) is 4. The quantitative estimate of drug-likeness (QED) is 0.862. The molecule has 1 aromatic rings. The average Bonchev–Trinajstić information content (AvgIpc) is 2.78. The molecule has 0 amide bonds. The number of carbonyl (C=O) groups is 1. The molecular formula is C12H15NO4. The molecular weight excluding hydrogens is 222 g/mol. The highest BCUT2D eigenvalue weighted by molar-refractivity contribution is 5.87. The zero-order valence-corrected chi connectivity index (χ0v) is 9.68. The molecule has 1 aliphatic heterocycles. The number of ether oxygens (including phenoxy) is 2. The summed E-state index contributed by atoms with van der Waals surface area (Å²) in [5, 5.41) is 8.91. The fraction of sp³-hybridized carbons (Fsp3) is 0.500. The Morgan fingerprint density at radius 3 is 3.12 bits per heavy atom. The molecule has 0 saturated carbocycles. The van der Waals surface area contributed by atoms with Gasteiger partial charge in [0.2, 0.25) is 5.88 Å². The molecule has 0 aliphatic carbocycles. The van der Waals surface area contributed by atoms with Crippen molar-refractivity contribution in [2.24, 2.45) is 0 Å². The fourth-order valence-electron chi connectivity index (χ4n) is 1.79. The Morgan fingerprint density at radius 2 is 2.47 bits per heavy atom. The second-order valence-electron chi connectivity index (χ2n) is 4.09. The number of rotatable bonds is 4. The van der Waals surface area contributed by atoms with Crippen molar-refractivity contribution in [2.75, 3.05) is 13.2 Å². The normalized spacial score (nSPS) is 19.2.